The Morgan fingerprint density at radius 3 is 2.57 bits per heavy atom. The van der Waals surface area contributed by atoms with Crippen molar-refractivity contribution in [2.75, 3.05) is 19.0 Å². The third-order valence-corrected chi connectivity index (χ3v) is 3.55. The van der Waals surface area contributed by atoms with Gasteiger partial charge in [0, 0.05) is 19.5 Å². The standard InChI is InChI=1S/C9H10N2S2.BrH/c1-11(2)9-10-7(6-13-9)8-4-3-5-12-8;/h3-6H,1-2H3;1H. The zero-order valence-corrected chi connectivity index (χ0v) is 11.3. The van der Waals surface area contributed by atoms with Crippen LogP contribution in [0.5, 0.6) is 0 Å². The lowest BCUT2D eigenvalue weighted by atomic mass is 10.4. The van der Waals surface area contributed by atoms with Crippen molar-refractivity contribution in [3.8, 4) is 10.6 Å². The predicted octanol–water partition coefficient (Wildman–Crippen LogP) is 3.52. The predicted molar refractivity (Wildman–Crippen MR) is 70.1 cm³/mol. The van der Waals surface area contributed by atoms with Gasteiger partial charge in [-0.25, -0.2) is 4.98 Å². The molecule has 2 nitrogen and oxygen atoms in total. The van der Waals surface area contributed by atoms with Crippen LogP contribution >= 0.6 is 39.7 Å². The first kappa shape index (κ1) is 11.7. The lowest BCUT2D eigenvalue weighted by Crippen LogP contribution is -2.07. The minimum absolute atomic E-state index is 0. The van der Waals surface area contributed by atoms with Crippen molar-refractivity contribution in [1.82, 2.24) is 4.98 Å². The summed E-state index contributed by atoms with van der Waals surface area (Å²) in [7, 11) is 4.02. The van der Waals surface area contributed by atoms with Crippen LogP contribution in [0.4, 0.5) is 5.13 Å². The smallest absolute Gasteiger partial charge is 0.185 e. The van der Waals surface area contributed by atoms with Crippen LogP contribution in [0.2, 0.25) is 0 Å². The Kier molecular flexibility index (Phi) is 4.10. The molecule has 0 spiro atoms. The molecule has 14 heavy (non-hydrogen) atoms. The van der Waals surface area contributed by atoms with Crippen molar-refractivity contribution < 1.29 is 0 Å². The fourth-order valence-corrected chi connectivity index (χ4v) is 2.53. The van der Waals surface area contributed by atoms with Crippen LogP contribution in [-0.2, 0) is 0 Å². The van der Waals surface area contributed by atoms with Gasteiger partial charge < -0.3 is 4.90 Å². The lowest BCUT2D eigenvalue weighted by Gasteiger charge is -2.05. The Bertz CT molecular complexity index is 381. The van der Waals surface area contributed by atoms with E-state index in [2.05, 4.69) is 27.9 Å². The summed E-state index contributed by atoms with van der Waals surface area (Å²) >= 11 is 3.40. The highest BCUT2D eigenvalue weighted by Crippen LogP contribution is 2.28. The molecule has 0 aliphatic rings. The number of thiophene rings is 1. The number of rotatable bonds is 2. The third kappa shape index (κ3) is 2.34. The Morgan fingerprint density at radius 1 is 1.29 bits per heavy atom. The van der Waals surface area contributed by atoms with E-state index in [-0.39, 0.29) is 17.0 Å². The lowest BCUT2D eigenvalue weighted by molar-refractivity contribution is 1.11. The maximum absolute atomic E-state index is 4.51. The molecule has 0 aliphatic carbocycles. The van der Waals surface area contributed by atoms with Crippen LogP contribution in [0.25, 0.3) is 10.6 Å². The first-order valence-electron chi connectivity index (χ1n) is 3.94. The Hall–Kier alpha value is -0.390. The second-order valence-electron chi connectivity index (χ2n) is 2.89. The van der Waals surface area contributed by atoms with Crippen LogP contribution in [0.1, 0.15) is 0 Å². The Balaban J connectivity index is 0.000000980. The maximum atomic E-state index is 4.51. The molecule has 5 heteroatoms. The molecule has 2 aromatic heterocycles. The summed E-state index contributed by atoms with van der Waals surface area (Å²) in [5.74, 6) is 0. The fourth-order valence-electron chi connectivity index (χ4n) is 1.01. The molecule has 0 fully saturated rings. The first-order valence-corrected chi connectivity index (χ1v) is 5.70. The van der Waals surface area contributed by atoms with Gasteiger partial charge in [0.1, 0.15) is 0 Å². The molecule has 2 rings (SSSR count). The Labute approximate surface area is 102 Å². The van der Waals surface area contributed by atoms with Gasteiger partial charge in [0.25, 0.3) is 0 Å². The van der Waals surface area contributed by atoms with Crippen molar-refractivity contribution in [1.29, 1.82) is 0 Å². The molecule has 2 heterocycles. The molecule has 0 aliphatic heterocycles. The number of aromatic nitrogens is 1. The van der Waals surface area contributed by atoms with Crippen LogP contribution in [0, 0.1) is 0 Å². The normalized spacial score (nSPS) is 9.57. The molecule has 0 bridgehead atoms. The number of hydrogen-bond donors (Lipinski definition) is 0. The summed E-state index contributed by atoms with van der Waals surface area (Å²) in [5.41, 5.74) is 1.09. The average Bonchev–Trinajstić information content (AvgIpc) is 2.75. The minimum atomic E-state index is 0. The van der Waals surface area contributed by atoms with E-state index < -0.39 is 0 Å². The summed E-state index contributed by atoms with van der Waals surface area (Å²) in [6.45, 7) is 0. The number of hydrogen-bond acceptors (Lipinski definition) is 4. The Morgan fingerprint density at radius 2 is 2.07 bits per heavy atom. The zero-order chi connectivity index (χ0) is 9.26. The molecule has 0 N–H and O–H groups in total. The van der Waals surface area contributed by atoms with E-state index in [0.717, 1.165) is 10.8 Å². The number of nitrogens with zero attached hydrogens (tertiary/aromatic N) is 2. The third-order valence-electron chi connectivity index (χ3n) is 1.65. The van der Waals surface area contributed by atoms with Crippen molar-refractivity contribution in [3.05, 3.63) is 22.9 Å². The summed E-state index contributed by atoms with van der Waals surface area (Å²) in [4.78, 5) is 7.78. The molecule has 0 radical (unpaired) electrons. The first-order chi connectivity index (χ1) is 6.27. The number of halogens is 1. The summed E-state index contributed by atoms with van der Waals surface area (Å²) < 4.78 is 0. The van der Waals surface area contributed by atoms with Crippen molar-refractivity contribution in [2.24, 2.45) is 0 Å². The molecule has 0 atom stereocenters. The molecule has 0 saturated carbocycles. The quantitative estimate of drug-likeness (QED) is 0.841. The van der Waals surface area contributed by atoms with Crippen LogP contribution in [0.15, 0.2) is 22.9 Å². The highest BCUT2D eigenvalue weighted by atomic mass is 79.9. The minimum Gasteiger partial charge on any atom is -0.354 e. The van der Waals surface area contributed by atoms with Gasteiger partial charge in [-0.1, -0.05) is 6.07 Å². The highest BCUT2D eigenvalue weighted by Gasteiger charge is 2.05. The zero-order valence-electron chi connectivity index (χ0n) is 7.93. The van der Waals surface area contributed by atoms with E-state index in [1.54, 1.807) is 22.7 Å². The SMILES string of the molecule is Br.CN(C)c1nc(-c2cccs2)cs1. The van der Waals surface area contributed by atoms with Gasteiger partial charge in [-0.2, -0.15) is 0 Å². The van der Waals surface area contributed by atoms with E-state index in [1.807, 2.05) is 19.0 Å². The van der Waals surface area contributed by atoms with Crippen molar-refractivity contribution >= 4 is 44.8 Å². The van der Waals surface area contributed by atoms with Gasteiger partial charge in [-0.15, -0.1) is 39.7 Å². The van der Waals surface area contributed by atoms with Crippen LogP contribution < -0.4 is 4.90 Å². The monoisotopic (exact) mass is 290 g/mol. The van der Waals surface area contributed by atoms with E-state index >= 15 is 0 Å². The van der Waals surface area contributed by atoms with Gasteiger partial charge in [-0.05, 0) is 11.4 Å². The molecule has 0 amide bonds. The van der Waals surface area contributed by atoms with E-state index in [0.29, 0.717) is 0 Å². The second-order valence-corrected chi connectivity index (χ2v) is 4.67. The summed E-state index contributed by atoms with van der Waals surface area (Å²) in [6, 6.07) is 4.15. The van der Waals surface area contributed by atoms with Gasteiger partial charge in [0.2, 0.25) is 0 Å². The molecule has 76 valence electrons. The van der Waals surface area contributed by atoms with Crippen molar-refractivity contribution in [3.63, 3.8) is 0 Å². The van der Waals surface area contributed by atoms with Gasteiger partial charge in [0.05, 0.1) is 10.6 Å². The fraction of sp³-hybridized carbons (Fsp3) is 0.222. The van der Waals surface area contributed by atoms with Gasteiger partial charge in [-0.3, -0.25) is 0 Å². The molecular weight excluding hydrogens is 280 g/mol. The molecule has 2 aromatic rings. The van der Waals surface area contributed by atoms with E-state index in [9.17, 15) is 0 Å². The molecule has 0 aromatic carbocycles. The van der Waals surface area contributed by atoms with E-state index in [4.69, 9.17) is 0 Å². The molecular formula is C9H11BrN2S2. The largest absolute Gasteiger partial charge is 0.354 e. The summed E-state index contributed by atoms with van der Waals surface area (Å²) in [6.07, 6.45) is 0. The molecule has 0 unspecified atom stereocenters. The maximum Gasteiger partial charge on any atom is 0.185 e. The highest BCUT2D eigenvalue weighted by molar-refractivity contribution is 8.93. The summed E-state index contributed by atoms with van der Waals surface area (Å²) in [5, 5.41) is 5.23. The van der Waals surface area contributed by atoms with Crippen LogP contribution in [-0.4, -0.2) is 19.1 Å². The van der Waals surface area contributed by atoms with Gasteiger partial charge >= 0.3 is 0 Å². The number of anilines is 1. The van der Waals surface area contributed by atoms with Gasteiger partial charge in [0.15, 0.2) is 5.13 Å². The second kappa shape index (κ2) is 4.91. The topological polar surface area (TPSA) is 16.1 Å². The average molecular weight is 291 g/mol. The van der Waals surface area contributed by atoms with E-state index in [1.165, 1.54) is 4.88 Å². The van der Waals surface area contributed by atoms with Crippen LogP contribution in [0.3, 0.4) is 0 Å². The molecule has 0 saturated heterocycles. The van der Waals surface area contributed by atoms with Crippen molar-refractivity contribution in [2.45, 2.75) is 0 Å². The number of thiazole rings is 1.